The normalized spacial score (nSPS) is 20.6. The van der Waals surface area contributed by atoms with E-state index >= 15 is 0 Å². The largest absolute Gasteiger partial charge is 0.381 e. The molecule has 29 heavy (non-hydrogen) atoms. The fraction of sp³-hybridized carbons (Fsp3) is 0.476. The summed E-state index contributed by atoms with van der Waals surface area (Å²) in [5.41, 5.74) is 0.997. The minimum atomic E-state index is -0.334. The highest BCUT2D eigenvalue weighted by atomic mass is 19.1. The lowest BCUT2D eigenvalue weighted by molar-refractivity contribution is 0.0131. The van der Waals surface area contributed by atoms with Gasteiger partial charge in [-0.3, -0.25) is 0 Å². The first-order valence-corrected chi connectivity index (χ1v) is 10.2. The number of piperidine rings is 1. The summed E-state index contributed by atoms with van der Waals surface area (Å²) in [4.78, 5) is 2.24. The molecule has 152 valence electrons. The summed E-state index contributed by atoms with van der Waals surface area (Å²) in [6, 6.07) is 10.4. The molecular weight excluding hydrogens is 373 g/mol. The van der Waals surface area contributed by atoms with Gasteiger partial charge >= 0.3 is 0 Å². The van der Waals surface area contributed by atoms with Crippen LogP contribution in [0.3, 0.4) is 0 Å². The van der Waals surface area contributed by atoms with Crippen molar-refractivity contribution in [3.63, 3.8) is 0 Å². The standard InChI is InChI=1S/C21H24FN5O2/c22-18-4-2-1-3-17(18)21-24-23-19-5-6-20(25-27(19)21)26-10-7-16(8-11-26)29-14-15-9-12-28-13-15/h1-6,15-16H,7-14H2. The summed E-state index contributed by atoms with van der Waals surface area (Å²) in [5, 5.41) is 13.0. The fourth-order valence-electron chi connectivity index (χ4n) is 4.00. The maximum atomic E-state index is 14.2. The van der Waals surface area contributed by atoms with E-state index in [0.717, 1.165) is 58.0 Å². The van der Waals surface area contributed by atoms with Gasteiger partial charge in [0.05, 0.1) is 24.9 Å². The minimum absolute atomic E-state index is 0.291. The fourth-order valence-corrected chi connectivity index (χ4v) is 4.00. The molecule has 0 amide bonds. The molecule has 8 heteroatoms. The molecule has 5 rings (SSSR count). The monoisotopic (exact) mass is 397 g/mol. The Morgan fingerprint density at radius 2 is 1.93 bits per heavy atom. The first-order chi connectivity index (χ1) is 14.3. The molecule has 2 aliphatic heterocycles. The van der Waals surface area contributed by atoms with Gasteiger partial charge in [0.2, 0.25) is 0 Å². The Hall–Kier alpha value is -2.58. The minimum Gasteiger partial charge on any atom is -0.381 e. The number of halogens is 1. The highest BCUT2D eigenvalue weighted by molar-refractivity contribution is 5.60. The van der Waals surface area contributed by atoms with Crippen molar-refractivity contribution in [2.24, 2.45) is 5.92 Å². The molecule has 1 aromatic carbocycles. The molecule has 7 nitrogen and oxygen atoms in total. The highest BCUT2D eigenvalue weighted by Crippen LogP contribution is 2.24. The third-order valence-corrected chi connectivity index (χ3v) is 5.72. The topological polar surface area (TPSA) is 64.8 Å². The Morgan fingerprint density at radius 3 is 2.72 bits per heavy atom. The summed E-state index contributed by atoms with van der Waals surface area (Å²) >= 11 is 0. The van der Waals surface area contributed by atoms with Crippen molar-refractivity contribution < 1.29 is 13.9 Å². The van der Waals surface area contributed by atoms with Gasteiger partial charge in [0, 0.05) is 25.6 Å². The zero-order chi connectivity index (χ0) is 19.6. The van der Waals surface area contributed by atoms with Crippen LogP contribution in [0.2, 0.25) is 0 Å². The number of hydrogen-bond donors (Lipinski definition) is 0. The molecule has 1 unspecified atom stereocenters. The number of rotatable bonds is 5. The predicted octanol–water partition coefficient (Wildman–Crippen LogP) is 2.95. The zero-order valence-electron chi connectivity index (χ0n) is 16.2. The number of fused-ring (bicyclic) bond motifs is 1. The van der Waals surface area contributed by atoms with E-state index in [1.165, 1.54) is 6.07 Å². The molecule has 4 heterocycles. The number of anilines is 1. The van der Waals surface area contributed by atoms with Gasteiger partial charge in [-0.05, 0) is 43.5 Å². The SMILES string of the molecule is Fc1ccccc1-c1nnc2ccc(N3CCC(OCC4CCOC4)CC3)nn12. The average Bonchev–Trinajstić information content (AvgIpc) is 3.42. The molecule has 0 N–H and O–H groups in total. The second kappa shape index (κ2) is 8.04. The van der Waals surface area contributed by atoms with E-state index in [0.29, 0.717) is 29.1 Å². The zero-order valence-corrected chi connectivity index (χ0v) is 16.2. The van der Waals surface area contributed by atoms with Crippen LogP contribution in [0.25, 0.3) is 17.0 Å². The number of benzene rings is 1. The van der Waals surface area contributed by atoms with Crippen molar-refractivity contribution in [2.45, 2.75) is 25.4 Å². The Morgan fingerprint density at radius 1 is 1.07 bits per heavy atom. The summed E-state index contributed by atoms with van der Waals surface area (Å²) in [5.74, 6) is 1.47. The molecule has 2 saturated heterocycles. The van der Waals surface area contributed by atoms with Gasteiger partial charge < -0.3 is 14.4 Å². The Balaban J connectivity index is 1.29. The molecule has 2 aromatic heterocycles. The number of ether oxygens (including phenoxy) is 2. The van der Waals surface area contributed by atoms with E-state index in [4.69, 9.17) is 14.6 Å². The van der Waals surface area contributed by atoms with Gasteiger partial charge in [-0.2, -0.15) is 4.52 Å². The van der Waals surface area contributed by atoms with Gasteiger partial charge in [-0.1, -0.05) is 12.1 Å². The Labute approximate surface area is 168 Å². The lowest BCUT2D eigenvalue weighted by atomic mass is 10.1. The summed E-state index contributed by atoms with van der Waals surface area (Å²) in [6.07, 6.45) is 3.33. The summed E-state index contributed by atoms with van der Waals surface area (Å²) in [6.45, 7) is 4.23. The Bertz CT molecular complexity index is 980. The molecule has 0 bridgehead atoms. The van der Waals surface area contributed by atoms with E-state index in [9.17, 15) is 4.39 Å². The van der Waals surface area contributed by atoms with Crippen LogP contribution < -0.4 is 4.90 Å². The Kier molecular flexibility index (Phi) is 5.12. The second-order valence-electron chi connectivity index (χ2n) is 7.71. The first-order valence-electron chi connectivity index (χ1n) is 10.2. The number of aromatic nitrogens is 4. The molecule has 1 atom stereocenters. The van der Waals surface area contributed by atoms with Crippen molar-refractivity contribution in [3.05, 3.63) is 42.2 Å². The van der Waals surface area contributed by atoms with E-state index in [-0.39, 0.29) is 5.82 Å². The van der Waals surface area contributed by atoms with Crippen LogP contribution >= 0.6 is 0 Å². The lowest BCUT2D eigenvalue weighted by Crippen LogP contribution is -2.38. The highest BCUT2D eigenvalue weighted by Gasteiger charge is 2.24. The van der Waals surface area contributed by atoms with Gasteiger partial charge in [0.15, 0.2) is 11.5 Å². The van der Waals surface area contributed by atoms with E-state index < -0.39 is 0 Å². The van der Waals surface area contributed by atoms with Crippen LogP contribution in [-0.2, 0) is 9.47 Å². The molecule has 0 aliphatic carbocycles. The maximum Gasteiger partial charge on any atom is 0.188 e. The molecule has 2 fully saturated rings. The van der Waals surface area contributed by atoms with Crippen molar-refractivity contribution in [2.75, 3.05) is 37.8 Å². The van der Waals surface area contributed by atoms with Crippen molar-refractivity contribution >= 4 is 11.5 Å². The van der Waals surface area contributed by atoms with Crippen LogP contribution in [0.15, 0.2) is 36.4 Å². The van der Waals surface area contributed by atoms with Crippen LogP contribution in [-0.4, -0.2) is 58.8 Å². The third-order valence-electron chi connectivity index (χ3n) is 5.72. The van der Waals surface area contributed by atoms with Crippen molar-refractivity contribution in [1.29, 1.82) is 0 Å². The van der Waals surface area contributed by atoms with Gasteiger partial charge in [0.1, 0.15) is 11.6 Å². The van der Waals surface area contributed by atoms with Crippen LogP contribution in [0, 0.1) is 11.7 Å². The van der Waals surface area contributed by atoms with Gasteiger partial charge in [-0.25, -0.2) is 4.39 Å². The summed E-state index contributed by atoms with van der Waals surface area (Å²) in [7, 11) is 0. The van der Waals surface area contributed by atoms with Crippen LogP contribution in [0.4, 0.5) is 10.2 Å². The lowest BCUT2D eigenvalue weighted by Gasteiger charge is -2.33. The first kappa shape index (κ1) is 18.4. The quantitative estimate of drug-likeness (QED) is 0.660. The van der Waals surface area contributed by atoms with Crippen LogP contribution in [0.1, 0.15) is 19.3 Å². The van der Waals surface area contributed by atoms with Gasteiger partial charge in [0.25, 0.3) is 0 Å². The maximum absolute atomic E-state index is 14.2. The molecule has 2 aliphatic rings. The molecule has 0 radical (unpaired) electrons. The van der Waals surface area contributed by atoms with E-state index in [1.807, 2.05) is 12.1 Å². The number of hydrogen-bond acceptors (Lipinski definition) is 6. The third kappa shape index (κ3) is 3.82. The molecule has 0 spiro atoms. The summed E-state index contributed by atoms with van der Waals surface area (Å²) < 4.78 is 27.4. The predicted molar refractivity (Wildman–Crippen MR) is 106 cm³/mol. The average molecular weight is 397 g/mol. The van der Waals surface area contributed by atoms with Crippen molar-refractivity contribution in [1.82, 2.24) is 19.8 Å². The van der Waals surface area contributed by atoms with E-state index in [2.05, 4.69) is 15.1 Å². The molecule has 3 aromatic rings. The van der Waals surface area contributed by atoms with Crippen molar-refractivity contribution in [3.8, 4) is 11.4 Å². The second-order valence-corrected chi connectivity index (χ2v) is 7.71. The van der Waals surface area contributed by atoms with Crippen LogP contribution in [0.5, 0.6) is 0 Å². The van der Waals surface area contributed by atoms with Gasteiger partial charge in [-0.15, -0.1) is 15.3 Å². The number of nitrogens with zero attached hydrogens (tertiary/aromatic N) is 5. The molecular formula is C21H24FN5O2. The van der Waals surface area contributed by atoms with E-state index in [1.54, 1.807) is 22.7 Å². The smallest absolute Gasteiger partial charge is 0.188 e. The molecule has 0 saturated carbocycles.